The van der Waals surface area contributed by atoms with E-state index in [4.69, 9.17) is 4.74 Å². The average molecular weight is 459 g/mol. The number of ether oxygens (including phenoxy) is 1. The van der Waals surface area contributed by atoms with Gasteiger partial charge in [0.05, 0.1) is 12.8 Å². The molecule has 0 saturated carbocycles. The van der Waals surface area contributed by atoms with Gasteiger partial charge < -0.3 is 10.1 Å². The lowest BCUT2D eigenvalue weighted by molar-refractivity contribution is -0.0401. The Labute approximate surface area is 202 Å². The molecule has 3 saturated heterocycles. The molecular formula is C29H34N2OS. The van der Waals surface area contributed by atoms with E-state index < -0.39 is 0 Å². The van der Waals surface area contributed by atoms with E-state index in [9.17, 15) is 0 Å². The van der Waals surface area contributed by atoms with Crippen LogP contribution < -0.4 is 10.1 Å². The van der Waals surface area contributed by atoms with Crippen LogP contribution in [0.15, 0.2) is 83.8 Å². The standard InChI is InChI=1S/C29H34N2OS/c1-29(27(21-10-6-4-7-11-21)22-12-8-5-9-13-22)28(23-16-18-31(29)19-17-23)30-25-20-24(33-3)14-15-26(25)32-2/h4-15,20,23,27-28,30H,16-19H2,1-3H3/t28-,29-/m0/s1. The van der Waals surface area contributed by atoms with Crippen LogP contribution in [-0.2, 0) is 0 Å². The lowest BCUT2D eigenvalue weighted by Crippen LogP contribution is -2.70. The van der Waals surface area contributed by atoms with E-state index in [1.165, 1.54) is 28.9 Å². The highest BCUT2D eigenvalue weighted by molar-refractivity contribution is 7.98. The van der Waals surface area contributed by atoms with Gasteiger partial charge in [0.2, 0.25) is 0 Å². The number of rotatable bonds is 7. The molecule has 3 aromatic carbocycles. The van der Waals surface area contributed by atoms with Gasteiger partial charge >= 0.3 is 0 Å². The van der Waals surface area contributed by atoms with Crippen molar-refractivity contribution in [3.05, 3.63) is 90.0 Å². The molecule has 0 aromatic heterocycles. The van der Waals surface area contributed by atoms with E-state index in [0.717, 1.165) is 24.5 Å². The number of methoxy groups -OCH3 is 1. The third kappa shape index (κ3) is 4.04. The fraction of sp³-hybridized carbons (Fsp3) is 0.379. The summed E-state index contributed by atoms with van der Waals surface area (Å²) >= 11 is 1.77. The van der Waals surface area contributed by atoms with Gasteiger partial charge in [-0.15, -0.1) is 11.8 Å². The van der Waals surface area contributed by atoms with E-state index in [-0.39, 0.29) is 11.5 Å². The Hall–Kier alpha value is -2.43. The van der Waals surface area contributed by atoms with Crippen molar-refractivity contribution in [3.63, 3.8) is 0 Å². The minimum atomic E-state index is -0.0652. The van der Waals surface area contributed by atoms with Crippen molar-refractivity contribution in [1.82, 2.24) is 4.90 Å². The van der Waals surface area contributed by atoms with Gasteiger partial charge in [-0.3, -0.25) is 4.90 Å². The molecule has 0 unspecified atom stereocenters. The summed E-state index contributed by atoms with van der Waals surface area (Å²) < 4.78 is 5.78. The molecule has 0 radical (unpaired) electrons. The highest BCUT2D eigenvalue weighted by atomic mass is 32.2. The predicted octanol–water partition coefficient (Wildman–Crippen LogP) is 6.51. The highest BCUT2D eigenvalue weighted by Gasteiger charge is 2.55. The molecule has 33 heavy (non-hydrogen) atoms. The van der Waals surface area contributed by atoms with Crippen molar-refractivity contribution >= 4 is 17.4 Å². The van der Waals surface area contributed by atoms with Gasteiger partial charge in [-0.2, -0.15) is 0 Å². The van der Waals surface area contributed by atoms with Crippen LogP contribution >= 0.6 is 11.8 Å². The number of hydrogen-bond donors (Lipinski definition) is 1. The normalized spacial score (nSPS) is 26.4. The summed E-state index contributed by atoms with van der Waals surface area (Å²) in [6, 6.07) is 29.0. The van der Waals surface area contributed by atoms with E-state index >= 15 is 0 Å². The van der Waals surface area contributed by atoms with Crippen LogP contribution in [0.3, 0.4) is 0 Å². The van der Waals surface area contributed by atoms with E-state index in [1.807, 2.05) is 0 Å². The molecule has 0 aliphatic carbocycles. The maximum Gasteiger partial charge on any atom is 0.142 e. The number of thioether (sulfide) groups is 1. The first kappa shape index (κ1) is 22.4. The summed E-state index contributed by atoms with van der Waals surface area (Å²) in [4.78, 5) is 4.00. The van der Waals surface area contributed by atoms with Crippen LogP contribution in [0.5, 0.6) is 5.75 Å². The zero-order valence-corrected chi connectivity index (χ0v) is 20.6. The summed E-state index contributed by atoms with van der Waals surface area (Å²) in [6.45, 7) is 4.82. The van der Waals surface area contributed by atoms with Crippen LogP contribution in [0.1, 0.15) is 36.8 Å². The molecule has 6 rings (SSSR count). The molecule has 1 N–H and O–H groups in total. The Balaban J connectivity index is 1.63. The Kier molecular flexibility index (Phi) is 6.40. The molecule has 0 amide bonds. The molecule has 3 fully saturated rings. The van der Waals surface area contributed by atoms with Crippen molar-refractivity contribution in [2.75, 3.05) is 31.8 Å². The summed E-state index contributed by atoms with van der Waals surface area (Å²) in [5.74, 6) is 1.83. The van der Waals surface area contributed by atoms with Crippen molar-refractivity contribution < 1.29 is 4.74 Å². The fourth-order valence-electron chi connectivity index (χ4n) is 6.27. The second-order valence-corrected chi connectivity index (χ2v) is 10.4. The van der Waals surface area contributed by atoms with Crippen LogP contribution in [0, 0.1) is 5.92 Å². The zero-order valence-electron chi connectivity index (χ0n) is 19.8. The van der Waals surface area contributed by atoms with Crippen LogP contribution in [0.25, 0.3) is 0 Å². The smallest absolute Gasteiger partial charge is 0.142 e. The van der Waals surface area contributed by atoms with Gasteiger partial charge in [0.1, 0.15) is 5.75 Å². The molecule has 0 spiro atoms. The van der Waals surface area contributed by atoms with Gasteiger partial charge in [0.25, 0.3) is 0 Å². The second-order valence-electron chi connectivity index (χ2n) is 9.49. The summed E-state index contributed by atoms with van der Waals surface area (Å²) in [7, 11) is 1.77. The fourth-order valence-corrected chi connectivity index (χ4v) is 6.71. The average Bonchev–Trinajstić information content (AvgIpc) is 2.88. The van der Waals surface area contributed by atoms with Crippen molar-refractivity contribution in [2.45, 2.75) is 42.2 Å². The summed E-state index contributed by atoms with van der Waals surface area (Å²) in [6.07, 6.45) is 4.62. The van der Waals surface area contributed by atoms with Gasteiger partial charge in [0, 0.05) is 22.4 Å². The number of nitrogens with one attached hydrogen (secondary N) is 1. The molecule has 3 nitrogen and oxygen atoms in total. The predicted molar refractivity (Wildman–Crippen MR) is 140 cm³/mol. The lowest BCUT2D eigenvalue weighted by Gasteiger charge is -2.61. The minimum Gasteiger partial charge on any atom is -0.495 e. The molecule has 3 heterocycles. The molecule has 172 valence electrons. The first-order valence-corrected chi connectivity index (χ1v) is 13.2. The van der Waals surface area contributed by atoms with Crippen LogP contribution in [-0.4, -0.2) is 42.9 Å². The maximum absolute atomic E-state index is 5.78. The Morgan fingerprint density at radius 1 is 0.939 bits per heavy atom. The van der Waals surface area contributed by atoms with Gasteiger partial charge in [0.15, 0.2) is 0 Å². The quantitative estimate of drug-likeness (QED) is 0.408. The SMILES string of the molecule is COc1ccc(SC)cc1N[C@H]1C2CCN(CC2)[C@@]1(C)C(c1ccccc1)c1ccccc1. The van der Waals surface area contributed by atoms with Gasteiger partial charge in [-0.05, 0) is 74.4 Å². The number of anilines is 1. The lowest BCUT2D eigenvalue weighted by atomic mass is 9.62. The summed E-state index contributed by atoms with van der Waals surface area (Å²) in [5.41, 5.74) is 3.81. The third-order valence-electron chi connectivity index (χ3n) is 7.89. The molecule has 3 aliphatic rings. The first-order valence-electron chi connectivity index (χ1n) is 12.0. The number of piperidine rings is 3. The van der Waals surface area contributed by atoms with Crippen molar-refractivity contribution in [1.29, 1.82) is 0 Å². The van der Waals surface area contributed by atoms with Gasteiger partial charge in [-0.25, -0.2) is 0 Å². The molecule has 3 aliphatic heterocycles. The monoisotopic (exact) mass is 458 g/mol. The van der Waals surface area contributed by atoms with Crippen molar-refractivity contribution in [2.24, 2.45) is 5.92 Å². The molecule has 2 bridgehead atoms. The largest absolute Gasteiger partial charge is 0.495 e. The number of benzene rings is 3. The Morgan fingerprint density at radius 3 is 2.09 bits per heavy atom. The molecule has 3 aromatic rings. The Bertz CT molecular complexity index is 1030. The molecule has 2 atom stereocenters. The Morgan fingerprint density at radius 2 is 1.55 bits per heavy atom. The third-order valence-corrected chi connectivity index (χ3v) is 8.62. The number of fused-ring (bicyclic) bond motifs is 3. The highest BCUT2D eigenvalue weighted by Crippen LogP contribution is 2.51. The van der Waals surface area contributed by atoms with E-state index in [2.05, 4.69) is 102 Å². The van der Waals surface area contributed by atoms with Crippen LogP contribution in [0.4, 0.5) is 5.69 Å². The molecular weight excluding hydrogens is 424 g/mol. The van der Waals surface area contributed by atoms with E-state index in [0.29, 0.717) is 12.0 Å². The first-order chi connectivity index (χ1) is 16.1. The van der Waals surface area contributed by atoms with Crippen molar-refractivity contribution in [3.8, 4) is 5.75 Å². The second kappa shape index (κ2) is 9.44. The maximum atomic E-state index is 5.78. The minimum absolute atomic E-state index is 0.0652. The van der Waals surface area contributed by atoms with E-state index in [1.54, 1.807) is 18.9 Å². The number of nitrogens with zero attached hydrogens (tertiary/aromatic N) is 1. The topological polar surface area (TPSA) is 24.5 Å². The zero-order chi connectivity index (χ0) is 22.8. The van der Waals surface area contributed by atoms with Gasteiger partial charge in [-0.1, -0.05) is 60.7 Å². The summed E-state index contributed by atoms with van der Waals surface area (Å²) in [5, 5.41) is 4.04. The molecule has 4 heteroatoms. The number of hydrogen-bond acceptors (Lipinski definition) is 4. The van der Waals surface area contributed by atoms with Crippen LogP contribution in [0.2, 0.25) is 0 Å².